The van der Waals surface area contributed by atoms with Crippen LogP contribution in [0.5, 0.6) is 0 Å². The van der Waals surface area contributed by atoms with E-state index in [1.807, 2.05) is 0 Å². The van der Waals surface area contributed by atoms with Crippen LogP contribution in [0.2, 0.25) is 23.7 Å². The van der Waals surface area contributed by atoms with Gasteiger partial charge in [-0.25, -0.2) is 0 Å². The van der Waals surface area contributed by atoms with Crippen molar-refractivity contribution in [2.24, 2.45) is 0 Å². The summed E-state index contributed by atoms with van der Waals surface area (Å²) in [6.07, 6.45) is 0. The van der Waals surface area contributed by atoms with Gasteiger partial charge in [-0.05, 0) is 34.4 Å². The van der Waals surface area contributed by atoms with Crippen LogP contribution in [0.4, 0.5) is 0 Å². The van der Waals surface area contributed by atoms with Crippen molar-refractivity contribution in [1.82, 2.24) is 0 Å². The van der Waals surface area contributed by atoms with Crippen LogP contribution in [0.1, 0.15) is 41.5 Å². The summed E-state index contributed by atoms with van der Waals surface area (Å²) in [5.41, 5.74) is 0.288. The van der Waals surface area contributed by atoms with Crippen LogP contribution < -0.4 is 20.7 Å². The van der Waals surface area contributed by atoms with E-state index in [2.05, 4.69) is 176 Å². The molecule has 4 aromatic carbocycles. The molecule has 2 nitrogen and oxygen atoms in total. The van der Waals surface area contributed by atoms with Gasteiger partial charge in [0.2, 0.25) is 0 Å². The molecule has 0 radical (unpaired) electrons. The summed E-state index contributed by atoms with van der Waals surface area (Å²) < 4.78 is 15.3. The standard InChI is InChI=1S/C35H46O2Si3/c1-29(2)39(8,36-30(3)38(7,31-21-13-9-14-22-31)32-23-15-10-16-24-32)37-40(35(4,5)6,33-25-17-11-18-26-33)34-27-19-12-20-28-34/h9-30H,1-8H3. The first-order valence-corrected chi connectivity index (χ1v) is 21.4. The van der Waals surface area contributed by atoms with Crippen LogP contribution in [0, 0.1) is 0 Å². The summed E-state index contributed by atoms with van der Waals surface area (Å²) in [5, 5.41) is 5.27. The van der Waals surface area contributed by atoms with E-state index in [1.54, 1.807) is 0 Å². The first-order valence-electron chi connectivity index (χ1n) is 14.6. The van der Waals surface area contributed by atoms with Gasteiger partial charge in [0.1, 0.15) is 8.07 Å². The van der Waals surface area contributed by atoms with Crippen molar-refractivity contribution >= 4 is 45.7 Å². The lowest BCUT2D eigenvalue weighted by Gasteiger charge is -2.50. The third-order valence-corrected chi connectivity index (χ3v) is 24.0. The van der Waals surface area contributed by atoms with Gasteiger partial charge in [-0.2, -0.15) is 0 Å². The monoisotopic (exact) mass is 582 g/mol. The minimum Gasteiger partial charge on any atom is -0.428 e. The average molecular weight is 583 g/mol. The van der Waals surface area contributed by atoms with E-state index in [0.29, 0.717) is 0 Å². The Morgan fingerprint density at radius 1 is 0.525 bits per heavy atom. The molecule has 0 aromatic heterocycles. The number of rotatable bonds is 10. The van der Waals surface area contributed by atoms with Gasteiger partial charge in [-0.1, -0.05) is 173 Å². The number of hydrogen-bond donors (Lipinski definition) is 0. The molecule has 0 amide bonds. The topological polar surface area (TPSA) is 18.5 Å². The van der Waals surface area contributed by atoms with E-state index in [0.717, 1.165) is 0 Å². The van der Waals surface area contributed by atoms with Crippen LogP contribution in [0.25, 0.3) is 0 Å². The first kappa shape index (κ1) is 30.4. The van der Waals surface area contributed by atoms with Crippen molar-refractivity contribution < 1.29 is 8.54 Å². The fraction of sp³-hybridized carbons (Fsp3) is 0.314. The molecule has 0 aliphatic heterocycles. The van der Waals surface area contributed by atoms with Crippen molar-refractivity contribution in [2.45, 2.75) is 70.9 Å². The van der Waals surface area contributed by atoms with E-state index >= 15 is 0 Å². The van der Waals surface area contributed by atoms with E-state index in [4.69, 9.17) is 8.54 Å². The lowest BCUT2D eigenvalue weighted by atomic mass is 10.2. The van der Waals surface area contributed by atoms with Crippen LogP contribution in [-0.4, -0.2) is 30.7 Å². The van der Waals surface area contributed by atoms with Crippen molar-refractivity contribution in [2.75, 3.05) is 0 Å². The van der Waals surface area contributed by atoms with Gasteiger partial charge in [-0.3, -0.25) is 0 Å². The Balaban J connectivity index is 1.87. The Bertz CT molecular complexity index is 1260. The highest BCUT2D eigenvalue weighted by Crippen LogP contribution is 2.41. The predicted molar refractivity (Wildman–Crippen MR) is 180 cm³/mol. The maximum atomic E-state index is 7.84. The molecule has 2 atom stereocenters. The second-order valence-corrected chi connectivity index (χ2v) is 25.3. The largest absolute Gasteiger partial charge is 0.428 e. The molecule has 0 heterocycles. The molecule has 0 saturated heterocycles. The maximum absolute atomic E-state index is 7.84. The van der Waals surface area contributed by atoms with Crippen LogP contribution in [0.3, 0.4) is 0 Å². The van der Waals surface area contributed by atoms with Crippen molar-refractivity contribution in [1.29, 1.82) is 0 Å². The highest BCUT2D eigenvalue weighted by atomic mass is 28.4. The molecule has 0 bridgehead atoms. The van der Waals surface area contributed by atoms with E-state index in [9.17, 15) is 0 Å². The van der Waals surface area contributed by atoms with E-state index in [-0.39, 0.29) is 16.3 Å². The molecular weight excluding hydrogens is 537 g/mol. The maximum Gasteiger partial charge on any atom is 0.327 e. The minimum atomic E-state index is -2.78. The third-order valence-electron chi connectivity index (χ3n) is 8.79. The molecule has 0 saturated carbocycles. The van der Waals surface area contributed by atoms with Crippen molar-refractivity contribution in [3.63, 3.8) is 0 Å². The lowest BCUT2D eigenvalue weighted by Crippen LogP contribution is -2.73. The Labute approximate surface area is 245 Å². The molecule has 0 fully saturated rings. The molecule has 40 heavy (non-hydrogen) atoms. The van der Waals surface area contributed by atoms with Crippen molar-refractivity contribution in [3.05, 3.63) is 121 Å². The first-order chi connectivity index (χ1) is 18.9. The zero-order valence-electron chi connectivity index (χ0n) is 25.5. The summed E-state index contributed by atoms with van der Waals surface area (Å²) in [7, 11) is -7.85. The smallest absolute Gasteiger partial charge is 0.327 e. The van der Waals surface area contributed by atoms with Gasteiger partial charge in [0.25, 0.3) is 8.32 Å². The van der Waals surface area contributed by atoms with E-state index < -0.39 is 25.0 Å². The van der Waals surface area contributed by atoms with Gasteiger partial charge >= 0.3 is 8.56 Å². The van der Waals surface area contributed by atoms with Gasteiger partial charge in [0.15, 0.2) is 0 Å². The summed E-state index contributed by atoms with van der Waals surface area (Å²) in [6.45, 7) is 18.7. The van der Waals surface area contributed by atoms with Crippen LogP contribution in [-0.2, 0) is 8.54 Å². The normalized spacial score (nSPS) is 15.0. The van der Waals surface area contributed by atoms with Gasteiger partial charge in [0, 0.05) is 5.73 Å². The van der Waals surface area contributed by atoms with Crippen LogP contribution in [0.15, 0.2) is 121 Å². The number of benzene rings is 4. The summed E-state index contributed by atoms with van der Waals surface area (Å²) >= 11 is 0. The molecule has 5 heteroatoms. The Kier molecular flexibility index (Phi) is 9.22. The molecular formula is C35H46O2Si3. The molecule has 210 valence electrons. The molecule has 4 rings (SSSR count). The van der Waals surface area contributed by atoms with Gasteiger partial charge < -0.3 is 8.54 Å². The Hall–Kier alpha value is -2.55. The summed E-state index contributed by atoms with van der Waals surface area (Å²) in [6, 6.07) is 43.9. The molecule has 0 spiro atoms. The zero-order valence-corrected chi connectivity index (χ0v) is 28.5. The molecule has 0 aliphatic rings. The molecule has 0 N–H and O–H groups in total. The minimum absolute atomic E-state index is 0.0228. The number of hydrogen-bond acceptors (Lipinski definition) is 2. The van der Waals surface area contributed by atoms with Crippen molar-refractivity contribution in [3.8, 4) is 0 Å². The fourth-order valence-corrected chi connectivity index (χ4v) is 20.7. The highest BCUT2D eigenvalue weighted by Gasteiger charge is 2.56. The van der Waals surface area contributed by atoms with Gasteiger partial charge in [0.05, 0.1) is 0 Å². The van der Waals surface area contributed by atoms with E-state index in [1.165, 1.54) is 20.7 Å². The SMILES string of the molecule is CC(C)[Si](C)(OC(C)[Si](C)(c1ccccc1)c1ccccc1)O[Si](c1ccccc1)(c1ccccc1)C(C)(C)C. The zero-order chi connectivity index (χ0) is 29.0. The van der Waals surface area contributed by atoms with Gasteiger partial charge in [-0.15, -0.1) is 0 Å². The Morgan fingerprint density at radius 2 is 0.850 bits per heavy atom. The molecule has 0 aliphatic carbocycles. The molecule has 4 aromatic rings. The second-order valence-electron chi connectivity index (χ2n) is 12.6. The van der Waals surface area contributed by atoms with Crippen LogP contribution >= 0.6 is 0 Å². The third kappa shape index (κ3) is 5.76. The quantitative estimate of drug-likeness (QED) is 0.190. The highest BCUT2D eigenvalue weighted by molar-refractivity contribution is 7.04. The average Bonchev–Trinajstić information content (AvgIpc) is 2.96. The lowest BCUT2D eigenvalue weighted by molar-refractivity contribution is 0.210. The summed E-state index contributed by atoms with van der Waals surface area (Å²) in [5.74, 6) is 0. The fourth-order valence-electron chi connectivity index (χ4n) is 5.91. The predicted octanol–water partition coefficient (Wildman–Crippen LogP) is 6.88. The molecule has 2 unspecified atom stereocenters. The second kappa shape index (κ2) is 12.1. The summed E-state index contributed by atoms with van der Waals surface area (Å²) in [4.78, 5) is 0. The Morgan fingerprint density at radius 3 is 1.15 bits per heavy atom.